The molecule has 0 spiro atoms. The Kier molecular flexibility index (Phi) is 6.39. The highest BCUT2D eigenvalue weighted by atomic mass is 16.3. The lowest BCUT2D eigenvalue weighted by Crippen LogP contribution is -2.02. The number of fused-ring (bicyclic) bond motifs is 4. The van der Waals surface area contributed by atoms with Gasteiger partial charge in [0.05, 0.1) is 0 Å². The van der Waals surface area contributed by atoms with Gasteiger partial charge < -0.3 is 4.42 Å². The van der Waals surface area contributed by atoms with Gasteiger partial charge in [-0.1, -0.05) is 121 Å². The molecule has 0 aliphatic carbocycles. The Morgan fingerprint density at radius 3 is 1.94 bits per heavy atom. The Labute approximate surface area is 270 Å². The average molecular weight is 603 g/mol. The highest BCUT2D eigenvalue weighted by Gasteiger charge is 2.17. The molecule has 0 N–H and O–H groups in total. The highest BCUT2D eigenvalue weighted by Crippen LogP contribution is 2.36. The molecule has 0 radical (unpaired) electrons. The second-order valence-corrected chi connectivity index (χ2v) is 11.5. The van der Waals surface area contributed by atoms with E-state index in [1.807, 2.05) is 79.0 Å². The number of para-hydroxylation sites is 1. The molecule has 0 unspecified atom stereocenters. The van der Waals surface area contributed by atoms with E-state index in [0.717, 1.165) is 55.3 Å². The van der Waals surface area contributed by atoms with Gasteiger partial charge in [0.2, 0.25) is 0 Å². The molecule has 0 saturated carbocycles. The quantitative estimate of drug-likeness (QED) is 0.196. The topological polar surface area (TPSA) is 64.7 Å². The van der Waals surface area contributed by atoms with E-state index in [1.54, 1.807) is 0 Å². The van der Waals surface area contributed by atoms with Crippen LogP contribution in [0.1, 0.15) is 0 Å². The zero-order valence-electron chi connectivity index (χ0n) is 25.2. The van der Waals surface area contributed by atoms with Gasteiger partial charge in [-0.15, -0.1) is 0 Å². The zero-order valence-corrected chi connectivity index (χ0v) is 25.2. The zero-order chi connectivity index (χ0) is 31.2. The molecule has 0 bridgehead atoms. The van der Waals surface area contributed by atoms with Crippen molar-refractivity contribution in [2.24, 2.45) is 0 Å². The van der Waals surface area contributed by atoms with Crippen molar-refractivity contribution in [1.29, 1.82) is 0 Å². The first-order valence-electron chi connectivity index (χ1n) is 15.5. The smallest absolute Gasteiger partial charge is 0.182 e. The number of pyridine rings is 1. The minimum absolute atomic E-state index is 0.519. The summed E-state index contributed by atoms with van der Waals surface area (Å²) in [6, 6.07) is 51.6. The second-order valence-electron chi connectivity index (χ2n) is 11.5. The van der Waals surface area contributed by atoms with E-state index in [1.165, 1.54) is 10.8 Å². The van der Waals surface area contributed by atoms with E-state index < -0.39 is 0 Å². The first-order chi connectivity index (χ1) is 23.3. The molecule has 47 heavy (non-hydrogen) atoms. The Morgan fingerprint density at radius 1 is 0.383 bits per heavy atom. The Hall–Kier alpha value is -6.46. The van der Waals surface area contributed by atoms with Gasteiger partial charge >= 0.3 is 0 Å². The van der Waals surface area contributed by atoms with Crippen molar-refractivity contribution in [3.05, 3.63) is 158 Å². The number of rotatable bonds is 5. The van der Waals surface area contributed by atoms with Gasteiger partial charge in [-0.2, -0.15) is 0 Å². The van der Waals surface area contributed by atoms with Crippen molar-refractivity contribution in [2.75, 3.05) is 0 Å². The maximum absolute atomic E-state index is 6.10. The Balaban J connectivity index is 1.16. The summed E-state index contributed by atoms with van der Waals surface area (Å²) < 4.78 is 6.10. The summed E-state index contributed by atoms with van der Waals surface area (Å²) in [6.07, 6.45) is 1.89. The predicted molar refractivity (Wildman–Crippen MR) is 190 cm³/mol. The second kappa shape index (κ2) is 11.2. The molecular weight excluding hydrogens is 576 g/mol. The Morgan fingerprint density at radius 2 is 1.06 bits per heavy atom. The summed E-state index contributed by atoms with van der Waals surface area (Å²) in [5, 5.41) is 4.58. The third-order valence-corrected chi connectivity index (χ3v) is 8.60. The molecule has 0 aliphatic heterocycles. The van der Waals surface area contributed by atoms with Crippen molar-refractivity contribution in [2.45, 2.75) is 0 Å². The predicted octanol–water partition coefficient (Wildman–Crippen LogP) is 10.7. The normalized spacial score (nSPS) is 11.4. The summed E-state index contributed by atoms with van der Waals surface area (Å²) in [4.78, 5) is 19.8. The van der Waals surface area contributed by atoms with Crippen LogP contribution in [0.2, 0.25) is 0 Å². The van der Waals surface area contributed by atoms with E-state index >= 15 is 0 Å². The fourth-order valence-corrected chi connectivity index (χ4v) is 6.22. The summed E-state index contributed by atoms with van der Waals surface area (Å²) in [5.41, 5.74) is 8.46. The maximum Gasteiger partial charge on any atom is 0.182 e. The molecule has 6 aromatic carbocycles. The number of furan rings is 1. The van der Waals surface area contributed by atoms with Crippen molar-refractivity contribution in [1.82, 2.24) is 19.9 Å². The van der Waals surface area contributed by atoms with E-state index in [9.17, 15) is 0 Å². The lowest BCUT2D eigenvalue weighted by molar-refractivity contribution is 0.669. The van der Waals surface area contributed by atoms with Crippen LogP contribution in [0.5, 0.6) is 0 Å². The standard InChI is InChI=1S/C42H26N4O/c1-2-11-28(12-3-1)40-44-41(35-16-7-6-14-33(35)31-21-23-39-36(25-31)34-15-8-9-17-38(34)47-39)46-42(45-40)37-22-20-32(26-43-37)30-19-18-27-10-4-5-13-29(27)24-30/h1-26H. The van der Waals surface area contributed by atoms with Crippen molar-refractivity contribution in [3.63, 3.8) is 0 Å². The lowest BCUT2D eigenvalue weighted by atomic mass is 9.97. The van der Waals surface area contributed by atoms with Gasteiger partial charge in [0.25, 0.3) is 0 Å². The number of hydrogen-bond acceptors (Lipinski definition) is 5. The van der Waals surface area contributed by atoms with Crippen LogP contribution in [-0.2, 0) is 0 Å². The number of hydrogen-bond donors (Lipinski definition) is 0. The van der Waals surface area contributed by atoms with E-state index in [-0.39, 0.29) is 0 Å². The van der Waals surface area contributed by atoms with Crippen LogP contribution >= 0.6 is 0 Å². The van der Waals surface area contributed by atoms with Crippen LogP contribution < -0.4 is 0 Å². The first kappa shape index (κ1) is 26.9. The first-order valence-corrected chi connectivity index (χ1v) is 15.5. The molecule has 3 heterocycles. The van der Waals surface area contributed by atoms with Gasteiger partial charge in [0.1, 0.15) is 16.9 Å². The molecule has 220 valence electrons. The lowest BCUT2D eigenvalue weighted by Gasteiger charge is -2.12. The maximum atomic E-state index is 6.10. The van der Waals surface area contributed by atoms with Crippen LogP contribution in [0.4, 0.5) is 0 Å². The molecular formula is C42H26N4O. The minimum Gasteiger partial charge on any atom is -0.456 e. The molecule has 3 aromatic heterocycles. The average Bonchev–Trinajstić information content (AvgIpc) is 3.53. The fraction of sp³-hybridized carbons (Fsp3) is 0. The van der Waals surface area contributed by atoms with Gasteiger partial charge in [-0.25, -0.2) is 15.0 Å². The molecule has 0 aliphatic rings. The van der Waals surface area contributed by atoms with Gasteiger partial charge in [0.15, 0.2) is 17.5 Å². The molecule has 0 saturated heterocycles. The van der Waals surface area contributed by atoms with Crippen LogP contribution in [0.3, 0.4) is 0 Å². The van der Waals surface area contributed by atoms with Gasteiger partial charge in [0, 0.05) is 33.7 Å². The summed E-state index contributed by atoms with van der Waals surface area (Å²) in [6.45, 7) is 0. The number of benzene rings is 6. The van der Waals surface area contributed by atoms with Crippen molar-refractivity contribution < 1.29 is 4.42 Å². The van der Waals surface area contributed by atoms with Gasteiger partial charge in [-0.05, 0) is 57.8 Å². The SMILES string of the molecule is c1ccc(-c2nc(-c3ccc(-c4ccc5ccccc5c4)cn3)nc(-c3ccccc3-c3ccc4oc5ccccc5c4c3)n2)cc1. The van der Waals surface area contributed by atoms with Crippen LogP contribution in [-0.4, -0.2) is 19.9 Å². The minimum atomic E-state index is 0.519. The third-order valence-electron chi connectivity index (χ3n) is 8.60. The van der Waals surface area contributed by atoms with E-state index in [0.29, 0.717) is 23.2 Å². The highest BCUT2D eigenvalue weighted by molar-refractivity contribution is 6.06. The molecule has 0 amide bonds. The molecule has 5 heteroatoms. The molecule has 9 aromatic rings. The van der Waals surface area contributed by atoms with Crippen LogP contribution in [0.15, 0.2) is 162 Å². The largest absolute Gasteiger partial charge is 0.456 e. The van der Waals surface area contributed by atoms with Crippen LogP contribution in [0.25, 0.3) is 89.3 Å². The summed E-state index contributed by atoms with van der Waals surface area (Å²) in [5.74, 6) is 1.70. The molecule has 0 fully saturated rings. The number of aromatic nitrogens is 4. The van der Waals surface area contributed by atoms with Gasteiger partial charge in [-0.3, -0.25) is 4.98 Å². The number of nitrogens with zero attached hydrogens (tertiary/aromatic N) is 4. The molecule has 9 rings (SSSR count). The van der Waals surface area contributed by atoms with Crippen molar-refractivity contribution in [3.8, 4) is 56.5 Å². The monoisotopic (exact) mass is 602 g/mol. The Bertz CT molecular complexity index is 2570. The van der Waals surface area contributed by atoms with Crippen LogP contribution in [0, 0.1) is 0 Å². The fourth-order valence-electron chi connectivity index (χ4n) is 6.22. The third kappa shape index (κ3) is 4.91. The molecule has 5 nitrogen and oxygen atoms in total. The summed E-state index contributed by atoms with van der Waals surface area (Å²) in [7, 11) is 0. The van der Waals surface area contributed by atoms with E-state index in [2.05, 4.69) is 78.9 Å². The molecule has 0 atom stereocenters. The van der Waals surface area contributed by atoms with Crippen molar-refractivity contribution >= 4 is 32.7 Å². The van der Waals surface area contributed by atoms with E-state index in [4.69, 9.17) is 24.4 Å². The summed E-state index contributed by atoms with van der Waals surface area (Å²) >= 11 is 0.